The Morgan fingerprint density at radius 2 is 1.19 bits per heavy atom. The van der Waals surface area contributed by atoms with Crippen LogP contribution in [0.25, 0.3) is 0 Å². The Kier molecular flexibility index (Phi) is 8.84. The topological polar surface area (TPSA) is 179 Å². The van der Waals surface area contributed by atoms with Gasteiger partial charge in [-0.25, -0.2) is 0 Å². The smallest absolute Gasteiger partial charge is 0.187 e. The van der Waals surface area contributed by atoms with Gasteiger partial charge in [0, 0.05) is 0 Å². The largest absolute Gasteiger partial charge is 0.394 e. The molecule has 31 heavy (non-hydrogen) atoms. The van der Waals surface area contributed by atoms with Crippen LogP contribution in [0.4, 0.5) is 0 Å². The average Bonchev–Trinajstić information content (AvgIpc) is 2.70. The summed E-state index contributed by atoms with van der Waals surface area (Å²) in [7, 11) is 0. The molecule has 2 fully saturated rings. The summed E-state index contributed by atoms with van der Waals surface area (Å²) in [6.45, 7) is 9.08. The fraction of sp³-hybridized carbons (Fsp3) is 1.00. The molecule has 0 saturated carbocycles. The average molecular weight is 455 g/mol. The van der Waals surface area contributed by atoms with E-state index in [1.807, 2.05) is 34.6 Å². The number of hydrogen-bond donors (Lipinski definition) is 7. The molecule has 0 aliphatic carbocycles. The highest BCUT2D eigenvalue weighted by Crippen LogP contribution is 2.39. The van der Waals surface area contributed by atoms with Gasteiger partial charge in [0.15, 0.2) is 12.6 Å². The molecular weight excluding hydrogens is 416 g/mol. The van der Waals surface area contributed by atoms with Crippen molar-refractivity contribution in [3.05, 3.63) is 0 Å². The Bertz CT molecular complexity index is 562. The summed E-state index contributed by atoms with van der Waals surface area (Å²) in [6.07, 6.45) is -14.6. The van der Waals surface area contributed by atoms with Gasteiger partial charge in [0.25, 0.3) is 0 Å². The second kappa shape index (κ2) is 10.2. The minimum Gasteiger partial charge on any atom is -0.394 e. The number of rotatable bonds is 7. The highest BCUT2D eigenvalue weighted by molar-refractivity contribution is 4.94. The van der Waals surface area contributed by atoms with Crippen LogP contribution >= 0.6 is 0 Å². The van der Waals surface area contributed by atoms with E-state index in [0.29, 0.717) is 0 Å². The predicted molar refractivity (Wildman–Crippen MR) is 106 cm³/mol. The maximum atomic E-state index is 10.6. The van der Waals surface area contributed by atoms with Gasteiger partial charge in [0.2, 0.25) is 0 Å². The molecule has 11 heteroatoms. The van der Waals surface area contributed by atoms with Crippen molar-refractivity contribution in [1.82, 2.24) is 0 Å². The molecule has 0 bridgehead atoms. The van der Waals surface area contributed by atoms with Gasteiger partial charge >= 0.3 is 0 Å². The summed E-state index contributed by atoms with van der Waals surface area (Å²) < 4.78 is 22.1. The summed E-state index contributed by atoms with van der Waals surface area (Å²) in [4.78, 5) is 0. The first-order valence-electron chi connectivity index (χ1n) is 10.4. The SMILES string of the molecule is CC(C)(C)C(C)(C)COC1OC(CO)C(OC2OC(CO)C(O)C(O)C2O)C(O)C1O. The van der Waals surface area contributed by atoms with Gasteiger partial charge in [0.05, 0.1) is 19.8 Å². The minimum atomic E-state index is -1.71. The van der Waals surface area contributed by atoms with E-state index in [4.69, 9.17) is 18.9 Å². The number of ether oxygens (including phenoxy) is 4. The second-order valence-electron chi connectivity index (χ2n) is 9.95. The van der Waals surface area contributed by atoms with Crippen LogP contribution in [0.15, 0.2) is 0 Å². The zero-order valence-corrected chi connectivity index (χ0v) is 18.7. The highest BCUT2D eigenvalue weighted by Gasteiger charge is 2.51. The highest BCUT2D eigenvalue weighted by atomic mass is 16.7. The summed E-state index contributed by atoms with van der Waals surface area (Å²) >= 11 is 0. The molecule has 7 N–H and O–H groups in total. The van der Waals surface area contributed by atoms with Crippen LogP contribution in [-0.4, -0.2) is 117 Å². The molecule has 0 aromatic rings. The molecule has 2 saturated heterocycles. The lowest BCUT2D eigenvalue weighted by atomic mass is 9.70. The van der Waals surface area contributed by atoms with E-state index in [0.717, 1.165) is 0 Å². The van der Waals surface area contributed by atoms with Gasteiger partial charge in [-0.1, -0.05) is 34.6 Å². The summed E-state index contributed by atoms with van der Waals surface area (Å²) in [5.41, 5.74) is -0.407. The Hall–Kier alpha value is -0.440. The van der Waals surface area contributed by atoms with Crippen molar-refractivity contribution < 1.29 is 54.7 Å². The number of aliphatic hydroxyl groups excluding tert-OH is 7. The molecule has 2 aliphatic heterocycles. The van der Waals surface area contributed by atoms with Crippen molar-refractivity contribution in [1.29, 1.82) is 0 Å². The normalized spacial score (nSPS) is 42.6. The van der Waals surface area contributed by atoms with Crippen molar-refractivity contribution in [3.63, 3.8) is 0 Å². The summed E-state index contributed by atoms with van der Waals surface area (Å²) in [5, 5.41) is 70.1. The number of hydrogen-bond acceptors (Lipinski definition) is 11. The molecule has 0 radical (unpaired) electrons. The van der Waals surface area contributed by atoms with Crippen molar-refractivity contribution >= 4 is 0 Å². The third kappa shape index (κ3) is 5.74. The molecule has 10 unspecified atom stereocenters. The standard InChI is InChI=1S/C20H38O11/c1-19(2,3)20(4,5)8-28-17-15(27)13(25)16(10(7-22)30-17)31-18-14(26)12(24)11(23)9(6-21)29-18/h9-18,21-27H,6-8H2,1-5H3. The van der Waals surface area contributed by atoms with Crippen LogP contribution in [-0.2, 0) is 18.9 Å². The lowest BCUT2D eigenvalue weighted by Crippen LogP contribution is -2.64. The first kappa shape index (κ1) is 26.8. The van der Waals surface area contributed by atoms with Gasteiger partial charge in [0.1, 0.15) is 48.8 Å². The van der Waals surface area contributed by atoms with E-state index < -0.39 is 74.6 Å². The monoisotopic (exact) mass is 454 g/mol. The molecule has 10 atom stereocenters. The lowest BCUT2D eigenvalue weighted by molar-refractivity contribution is -0.361. The molecule has 184 valence electrons. The first-order valence-corrected chi connectivity index (χ1v) is 10.4. The second-order valence-corrected chi connectivity index (χ2v) is 9.95. The van der Waals surface area contributed by atoms with Gasteiger partial charge in [-0.2, -0.15) is 0 Å². The lowest BCUT2D eigenvalue weighted by Gasteiger charge is -2.46. The quantitative estimate of drug-likeness (QED) is 0.220. The summed E-state index contributed by atoms with van der Waals surface area (Å²) in [5.74, 6) is 0. The fourth-order valence-electron chi connectivity index (χ4n) is 3.20. The van der Waals surface area contributed by atoms with E-state index in [1.54, 1.807) is 0 Å². The molecule has 2 rings (SSSR count). The van der Waals surface area contributed by atoms with E-state index in [1.165, 1.54) is 0 Å². The van der Waals surface area contributed by atoms with Crippen LogP contribution in [0.1, 0.15) is 34.6 Å². The molecule has 0 amide bonds. The molecule has 0 spiro atoms. The fourth-order valence-corrected chi connectivity index (χ4v) is 3.20. The third-order valence-electron chi connectivity index (χ3n) is 6.60. The predicted octanol–water partition coefficient (Wildman–Crippen LogP) is -2.30. The van der Waals surface area contributed by atoms with Crippen molar-refractivity contribution in [2.75, 3.05) is 19.8 Å². The van der Waals surface area contributed by atoms with Crippen LogP contribution < -0.4 is 0 Å². The van der Waals surface area contributed by atoms with Gasteiger partial charge < -0.3 is 54.7 Å². The Labute approximate surface area is 182 Å². The zero-order chi connectivity index (χ0) is 23.7. The molecule has 2 aliphatic rings. The molecule has 11 nitrogen and oxygen atoms in total. The summed E-state index contributed by atoms with van der Waals surface area (Å²) in [6, 6.07) is 0. The van der Waals surface area contributed by atoms with E-state index >= 15 is 0 Å². The number of aliphatic hydroxyl groups is 7. The maximum absolute atomic E-state index is 10.6. The molecule has 0 aromatic heterocycles. The van der Waals surface area contributed by atoms with Gasteiger partial charge in [-0.05, 0) is 10.8 Å². The zero-order valence-electron chi connectivity index (χ0n) is 18.7. The Morgan fingerprint density at radius 1 is 0.677 bits per heavy atom. The van der Waals surface area contributed by atoms with E-state index in [2.05, 4.69) is 0 Å². The Morgan fingerprint density at radius 3 is 1.71 bits per heavy atom. The van der Waals surface area contributed by atoms with Gasteiger partial charge in [-0.3, -0.25) is 0 Å². The van der Waals surface area contributed by atoms with Crippen molar-refractivity contribution in [2.24, 2.45) is 10.8 Å². The minimum absolute atomic E-state index is 0.115. The van der Waals surface area contributed by atoms with Crippen molar-refractivity contribution in [3.8, 4) is 0 Å². The Balaban J connectivity index is 2.09. The van der Waals surface area contributed by atoms with E-state index in [-0.39, 0.29) is 17.4 Å². The molecule has 0 aromatic carbocycles. The van der Waals surface area contributed by atoms with Crippen molar-refractivity contribution in [2.45, 2.75) is 96.0 Å². The van der Waals surface area contributed by atoms with Crippen LogP contribution in [0, 0.1) is 10.8 Å². The van der Waals surface area contributed by atoms with Gasteiger partial charge in [-0.15, -0.1) is 0 Å². The van der Waals surface area contributed by atoms with E-state index in [9.17, 15) is 35.7 Å². The van der Waals surface area contributed by atoms with Crippen LogP contribution in [0.5, 0.6) is 0 Å². The maximum Gasteiger partial charge on any atom is 0.187 e. The molecule has 2 heterocycles. The third-order valence-corrected chi connectivity index (χ3v) is 6.60. The molecular formula is C20H38O11. The van der Waals surface area contributed by atoms with Crippen LogP contribution in [0.2, 0.25) is 0 Å². The first-order chi connectivity index (χ1) is 14.2. The van der Waals surface area contributed by atoms with Crippen LogP contribution in [0.3, 0.4) is 0 Å².